The zero-order valence-electron chi connectivity index (χ0n) is 15.0. The summed E-state index contributed by atoms with van der Waals surface area (Å²) < 4.78 is 2.11. The largest absolute Gasteiger partial charge is 0.328 e. The van der Waals surface area contributed by atoms with Crippen molar-refractivity contribution < 1.29 is 4.79 Å². The second kappa shape index (κ2) is 7.05. The van der Waals surface area contributed by atoms with Gasteiger partial charge in [-0.15, -0.1) is 21.5 Å². The third kappa shape index (κ3) is 3.24. The molecule has 6 heteroatoms. The van der Waals surface area contributed by atoms with Gasteiger partial charge in [0.05, 0.1) is 10.9 Å². The van der Waals surface area contributed by atoms with Crippen molar-refractivity contribution >= 4 is 17.2 Å². The van der Waals surface area contributed by atoms with E-state index in [1.54, 1.807) is 17.7 Å². The highest BCUT2D eigenvalue weighted by atomic mass is 32.1. The Morgan fingerprint density at radius 2 is 2.25 bits per heavy atom. The molecule has 1 fully saturated rings. The lowest BCUT2D eigenvalue weighted by Crippen LogP contribution is -2.31. The smallest absolute Gasteiger partial charge is 0.264 e. The van der Waals surface area contributed by atoms with E-state index in [2.05, 4.69) is 42.5 Å². The van der Waals surface area contributed by atoms with Gasteiger partial charge < -0.3 is 9.47 Å². The van der Waals surface area contributed by atoms with E-state index in [0.717, 1.165) is 43.1 Å². The SMILES string of the molecule is CCc1sc(C(=O)N2CCC[C@@H]2c2nncn2CC(C)C)cc1C. The van der Waals surface area contributed by atoms with Crippen LogP contribution < -0.4 is 0 Å². The molecular weight excluding hydrogens is 320 g/mol. The molecule has 0 radical (unpaired) electrons. The molecule has 0 saturated carbocycles. The summed E-state index contributed by atoms with van der Waals surface area (Å²) in [5.41, 5.74) is 1.23. The first kappa shape index (κ1) is 17.1. The highest BCUT2D eigenvalue weighted by molar-refractivity contribution is 7.14. The summed E-state index contributed by atoms with van der Waals surface area (Å²) in [6.45, 7) is 10.3. The summed E-state index contributed by atoms with van der Waals surface area (Å²) in [7, 11) is 0. The molecule has 1 aliphatic heterocycles. The monoisotopic (exact) mass is 346 g/mol. The molecule has 5 nitrogen and oxygen atoms in total. The van der Waals surface area contributed by atoms with Crippen LogP contribution in [0, 0.1) is 12.8 Å². The van der Waals surface area contributed by atoms with Crippen LogP contribution in [0.5, 0.6) is 0 Å². The number of hydrogen-bond acceptors (Lipinski definition) is 4. The van der Waals surface area contributed by atoms with Crippen LogP contribution in [0.25, 0.3) is 0 Å². The van der Waals surface area contributed by atoms with Gasteiger partial charge in [0.25, 0.3) is 5.91 Å². The highest BCUT2D eigenvalue weighted by Gasteiger charge is 2.34. The average Bonchev–Trinajstić information content (AvgIpc) is 3.24. The minimum Gasteiger partial charge on any atom is -0.328 e. The molecule has 0 aromatic carbocycles. The number of amides is 1. The standard InChI is InChI=1S/C18H26N4OS/c1-5-15-13(4)9-16(24-15)18(23)22-8-6-7-14(22)17-20-19-11-21(17)10-12(2)3/h9,11-12,14H,5-8,10H2,1-4H3/t14-/m1/s1. The summed E-state index contributed by atoms with van der Waals surface area (Å²) in [5.74, 6) is 1.60. The molecule has 3 heterocycles. The first-order chi connectivity index (χ1) is 11.5. The molecule has 0 bridgehead atoms. The van der Waals surface area contributed by atoms with E-state index < -0.39 is 0 Å². The van der Waals surface area contributed by atoms with Gasteiger partial charge in [-0.1, -0.05) is 20.8 Å². The van der Waals surface area contributed by atoms with E-state index in [1.165, 1.54) is 10.4 Å². The van der Waals surface area contributed by atoms with Gasteiger partial charge in [0.1, 0.15) is 6.33 Å². The Kier molecular flexibility index (Phi) is 5.04. The second-order valence-corrected chi connectivity index (χ2v) is 8.10. The number of nitrogens with zero attached hydrogens (tertiary/aromatic N) is 4. The van der Waals surface area contributed by atoms with Crippen molar-refractivity contribution in [1.29, 1.82) is 0 Å². The van der Waals surface area contributed by atoms with E-state index in [4.69, 9.17) is 0 Å². The van der Waals surface area contributed by atoms with E-state index in [9.17, 15) is 4.79 Å². The Balaban J connectivity index is 1.85. The van der Waals surface area contributed by atoms with E-state index in [0.29, 0.717) is 5.92 Å². The van der Waals surface area contributed by atoms with E-state index in [1.807, 2.05) is 11.0 Å². The molecule has 24 heavy (non-hydrogen) atoms. The van der Waals surface area contributed by atoms with Crippen molar-refractivity contribution in [3.05, 3.63) is 33.5 Å². The molecule has 0 aliphatic carbocycles. The van der Waals surface area contributed by atoms with Crippen LogP contribution in [-0.2, 0) is 13.0 Å². The highest BCUT2D eigenvalue weighted by Crippen LogP contribution is 2.34. The summed E-state index contributed by atoms with van der Waals surface area (Å²) in [4.78, 5) is 17.2. The lowest BCUT2D eigenvalue weighted by Gasteiger charge is -2.24. The fourth-order valence-corrected chi connectivity index (χ4v) is 4.52. The average molecular weight is 347 g/mol. The van der Waals surface area contributed by atoms with Gasteiger partial charge in [0, 0.05) is 18.0 Å². The lowest BCUT2D eigenvalue weighted by molar-refractivity contribution is 0.0731. The number of rotatable bonds is 5. The Hall–Kier alpha value is -1.69. The summed E-state index contributed by atoms with van der Waals surface area (Å²) in [5, 5.41) is 8.43. The van der Waals surface area contributed by atoms with Crippen molar-refractivity contribution in [2.75, 3.05) is 6.54 Å². The van der Waals surface area contributed by atoms with Crippen LogP contribution in [-0.4, -0.2) is 32.1 Å². The first-order valence-corrected chi connectivity index (χ1v) is 9.60. The molecule has 1 atom stereocenters. The number of likely N-dealkylation sites (tertiary alicyclic amines) is 1. The Morgan fingerprint density at radius 1 is 1.46 bits per heavy atom. The maximum Gasteiger partial charge on any atom is 0.264 e. The normalized spacial score (nSPS) is 17.9. The Morgan fingerprint density at radius 3 is 2.92 bits per heavy atom. The zero-order chi connectivity index (χ0) is 17.3. The molecule has 1 aliphatic rings. The van der Waals surface area contributed by atoms with Gasteiger partial charge >= 0.3 is 0 Å². The number of thiophene rings is 1. The van der Waals surface area contributed by atoms with Gasteiger partial charge in [-0.2, -0.15) is 0 Å². The topological polar surface area (TPSA) is 51.0 Å². The molecule has 0 spiro atoms. The van der Waals surface area contributed by atoms with Crippen LogP contribution in [0.15, 0.2) is 12.4 Å². The summed E-state index contributed by atoms with van der Waals surface area (Å²) >= 11 is 1.63. The number of carbonyl (C=O) groups is 1. The Labute approximate surface area is 147 Å². The summed E-state index contributed by atoms with van der Waals surface area (Å²) in [6.07, 6.45) is 4.76. The number of carbonyl (C=O) groups excluding carboxylic acids is 1. The van der Waals surface area contributed by atoms with Crippen molar-refractivity contribution in [1.82, 2.24) is 19.7 Å². The molecule has 0 unspecified atom stereocenters. The minimum atomic E-state index is 0.0474. The Bertz CT molecular complexity index is 718. The number of aryl methyl sites for hydroxylation is 2. The van der Waals surface area contributed by atoms with Crippen molar-refractivity contribution in [2.24, 2.45) is 5.92 Å². The molecule has 1 saturated heterocycles. The fourth-order valence-electron chi connectivity index (χ4n) is 3.45. The van der Waals surface area contributed by atoms with Crippen molar-refractivity contribution in [3.63, 3.8) is 0 Å². The van der Waals surface area contributed by atoms with Gasteiger partial charge in [0.15, 0.2) is 5.82 Å². The van der Waals surface area contributed by atoms with Gasteiger partial charge in [-0.25, -0.2) is 0 Å². The van der Waals surface area contributed by atoms with Crippen molar-refractivity contribution in [3.8, 4) is 0 Å². The first-order valence-electron chi connectivity index (χ1n) is 8.79. The quantitative estimate of drug-likeness (QED) is 0.826. The number of aromatic nitrogens is 3. The van der Waals surface area contributed by atoms with Crippen LogP contribution in [0.1, 0.15) is 65.6 Å². The van der Waals surface area contributed by atoms with Crippen LogP contribution in [0.3, 0.4) is 0 Å². The van der Waals surface area contributed by atoms with E-state index in [-0.39, 0.29) is 11.9 Å². The summed E-state index contributed by atoms with van der Waals surface area (Å²) in [6, 6.07) is 2.09. The third-order valence-corrected chi connectivity index (χ3v) is 5.94. The second-order valence-electron chi connectivity index (χ2n) is 6.96. The van der Waals surface area contributed by atoms with Crippen LogP contribution in [0.2, 0.25) is 0 Å². The van der Waals surface area contributed by atoms with Gasteiger partial charge in [-0.3, -0.25) is 4.79 Å². The van der Waals surface area contributed by atoms with Gasteiger partial charge in [0.2, 0.25) is 0 Å². The molecule has 2 aromatic rings. The third-order valence-electron chi connectivity index (χ3n) is 4.57. The van der Waals surface area contributed by atoms with Crippen LogP contribution in [0.4, 0.5) is 0 Å². The molecule has 1 amide bonds. The van der Waals surface area contributed by atoms with Gasteiger partial charge in [-0.05, 0) is 43.7 Å². The zero-order valence-corrected chi connectivity index (χ0v) is 15.8. The molecule has 0 N–H and O–H groups in total. The number of hydrogen-bond donors (Lipinski definition) is 0. The predicted molar refractivity (Wildman–Crippen MR) is 96.3 cm³/mol. The molecule has 2 aromatic heterocycles. The minimum absolute atomic E-state index is 0.0474. The maximum absolute atomic E-state index is 13.0. The lowest BCUT2D eigenvalue weighted by atomic mass is 10.1. The van der Waals surface area contributed by atoms with Crippen molar-refractivity contribution in [2.45, 2.75) is 59.5 Å². The molecular formula is C18H26N4OS. The van der Waals surface area contributed by atoms with Crippen LogP contribution >= 0.6 is 11.3 Å². The maximum atomic E-state index is 13.0. The van der Waals surface area contributed by atoms with E-state index >= 15 is 0 Å². The molecule has 3 rings (SSSR count). The fraction of sp³-hybridized carbons (Fsp3) is 0.611. The predicted octanol–water partition coefficient (Wildman–Crippen LogP) is 3.84. The molecule has 130 valence electrons.